The summed E-state index contributed by atoms with van der Waals surface area (Å²) in [4.78, 5) is 45.0. The molecule has 3 amide bonds. The van der Waals surface area contributed by atoms with Crippen LogP contribution < -0.4 is 10.2 Å². The highest BCUT2D eigenvalue weighted by Gasteiger charge is 2.53. The third-order valence-electron chi connectivity index (χ3n) is 18.2. The second-order valence-corrected chi connectivity index (χ2v) is 23.6. The van der Waals surface area contributed by atoms with E-state index in [1.807, 2.05) is 35.5 Å². The monoisotopic (exact) mass is 861 g/mol. The Kier molecular flexibility index (Phi) is 10.3. The zero-order valence-corrected chi connectivity index (χ0v) is 38.7. The van der Waals surface area contributed by atoms with Crippen LogP contribution in [0.3, 0.4) is 0 Å². The lowest BCUT2D eigenvalue weighted by atomic mass is 9.55. The molecule has 0 aromatic heterocycles. The minimum atomic E-state index is -0.539. The molecule has 8 bridgehead atoms. The van der Waals surface area contributed by atoms with Crippen LogP contribution in [-0.2, 0) is 25.0 Å². The van der Waals surface area contributed by atoms with Gasteiger partial charge >= 0.3 is 18.3 Å². The largest absolute Gasteiger partial charge is 0.446 e. The van der Waals surface area contributed by atoms with Crippen LogP contribution in [0.25, 0.3) is 0 Å². The summed E-state index contributed by atoms with van der Waals surface area (Å²) in [6.07, 6.45) is 16.7. The van der Waals surface area contributed by atoms with Gasteiger partial charge in [0.25, 0.3) is 0 Å². The van der Waals surface area contributed by atoms with Gasteiger partial charge in [0, 0.05) is 55.8 Å². The molecular weight excluding hydrogens is 789 g/mol. The molecule has 63 heavy (non-hydrogen) atoms. The van der Waals surface area contributed by atoms with E-state index in [0.717, 1.165) is 74.7 Å². The minimum absolute atomic E-state index is 0.0391. The van der Waals surface area contributed by atoms with Gasteiger partial charge in [0.15, 0.2) is 0 Å². The number of hydrogen-bond acceptors (Lipinski definition) is 7. The molecule has 0 radical (unpaired) electrons. The van der Waals surface area contributed by atoms with Crippen LogP contribution in [0.4, 0.5) is 25.8 Å². The van der Waals surface area contributed by atoms with E-state index in [4.69, 9.17) is 14.2 Å². The molecule has 0 unspecified atom stereocenters. The van der Waals surface area contributed by atoms with Crippen molar-refractivity contribution < 1.29 is 28.6 Å². The van der Waals surface area contributed by atoms with E-state index < -0.39 is 5.60 Å². The Labute approximate surface area is 375 Å². The average molecular weight is 861 g/mol. The molecule has 8 saturated carbocycles. The second-order valence-electron chi connectivity index (χ2n) is 23.6. The van der Waals surface area contributed by atoms with Crippen molar-refractivity contribution in [2.24, 2.45) is 47.3 Å². The molecule has 340 valence electrons. The minimum Gasteiger partial charge on any atom is -0.446 e. The van der Waals surface area contributed by atoms with E-state index in [1.54, 1.807) is 0 Å². The lowest BCUT2D eigenvalue weighted by molar-refractivity contribution is -0.103. The molecule has 12 aliphatic rings. The Hall–Kier alpha value is -3.95. The third kappa shape index (κ3) is 7.68. The number of hydrogen-bond donors (Lipinski definition) is 1. The van der Waals surface area contributed by atoms with Gasteiger partial charge in [-0.25, -0.2) is 14.4 Å². The van der Waals surface area contributed by atoms with Crippen LogP contribution in [0.15, 0.2) is 36.4 Å². The molecule has 8 aliphatic carbocycles. The predicted molar refractivity (Wildman–Crippen MR) is 244 cm³/mol. The fourth-order valence-electron chi connectivity index (χ4n) is 15.5. The van der Waals surface area contributed by atoms with E-state index in [1.165, 1.54) is 92.1 Å². The topological polar surface area (TPSA) is 101 Å². The maximum Gasteiger partial charge on any atom is 0.414 e. The van der Waals surface area contributed by atoms with Crippen molar-refractivity contribution in [1.29, 1.82) is 0 Å². The Bertz CT molecular complexity index is 2050. The highest BCUT2D eigenvalue weighted by atomic mass is 16.6. The zero-order chi connectivity index (χ0) is 43.4. The van der Waals surface area contributed by atoms with E-state index in [9.17, 15) is 14.4 Å². The van der Waals surface area contributed by atoms with Crippen molar-refractivity contribution in [2.75, 3.05) is 49.5 Å². The van der Waals surface area contributed by atoms with Crippen molar-refractivity contribution in [3.05, 3.63) is 58.7 Å². The standard InChI is InChI=1S/C29H40N2O4.C24H32N2O2/c1-18-5-6-24-23(11-18)29(17-31(24)27(33)35-28(2,3)4)7-9-30(10-8-29)26(32)34-25-21-13-19-12-20(15-21)16-22(25)14-19;1-15-2-3-21-20(8-15)24(14-25-21)4-6-26(7-5-24)23(27)28-22-18-10-16-9-17(12-18)13-19(22)11-16/h5-6,11,19-22,25H,7-10,12-17H2,1-4H3;2-3,8,16-19,22,25H,4-7,9-14H2,1H3. The number of benzene rings is 2. The van der Waals surface area contributed by atoms with E-state index in [0.29, 0.717) is 43.3 Å². The first-order valence-corrected chi connectivity index (χ1v) is 25.1. The van der Waals surface area contributed by atoms with Crippen molar-refractivity contribution >= 4 is 29.7 Å². The number of amides is 3. The molecule has 2 aromatic rings. The summed E-state index contributed by atoms with van der Waals surface area (Å²) in [6, 6.07) is 13.1. The summed E-state index contributed by atoms with van der Waals surface area (Å²) in [7, 11) is 0. The van der Waals surface area contributed by atoms with Crippen molar-refractivity contribution in [3.8, 4) is 0 Å². The van der Waals surface area contributed by atoms with Gasteiger partial charge in [-0.15, -0.1) is 0 Å². The normalized spacial score (nSPS) is 34.6. The second kappa shape index (κ2) is 15.6. The number of rotatable bonds is 2. The lowest BCUT2D eigenvalue weighted by Crippen LogP contribution is -2.53. The van der Waals surface area contributed by atoms with Gasteiger partial charge in [-0.05, 0) is 195 Å². The van der Waals surface area contributed by atoms with Crippen molar-refractivity contribution in [3.63, 3.8) is 0 Å². The number of aryl methyl sites for hydroxylation is 2. The lowest BCUT2D eigenvalue weighted by Gasteiger charge is -2.53. The first-order chi connectivity index (χ1) is 30.2. The molecule has 4 aliphatic heterocycles. The van der Waals surface area contributed by atoms with Crippen molar-refractivity contribution in [1.82, 2.24) is 9.80 Å². The van der Waals surface area contributed by atoms with Crippen LogP contribution >= 0.6 is 0 Å². The number of nitrogens with zero attached hydrogens (tertiary/aromatic N) is 3. The zero-order valence-electron chi connectivity index (χ0n) is 38.7. The number of ether oxygens (including phenoxy) is 3. The summed E-state index contributed by atoms with van der Waals surface area (Å²) in [6.45, 7) is 14.6. The van der Waals surface area contributed by atoms with Crippen LogP contribution in [-0.4, -0.2) is 85.2 Å². The summed E-state index contributed by atoms with van der Waals surface area (Å²) >= 11 is 0. The molecule has 1 N–H and O–H groups in total. The number of anilines is 2. The van der Waals surface area contributed by atoms with Gasteiger partial charge in [-0.1, -0.05) is 35.4 Å². The van der Waals surface area contributed by atoms with Crippen LogP contribution in [0.1, 0.15) is 133 Å². The Morgan fingerprint density at radius 2 is 1.03 bits per heavy atom. The number of carbonyl (C=O) groups is 3. The SMILES string of the molecule is Cc1ccc2c(c1)C1(CCN(C(=O)OC3C4CC5CC(C4)CC3C5)CC1)CN2.Cc1ccc2c(c1)C1(CCN(C(=O)OC3C4CC5CC(C4)CC3C5)CC1)CN2C(=O)OC(C)(C)C. The van der Waals surface area contributed by atoms with Gasteiger partial charge in [0.05, 0.1) is 5.69 Å². The molecule has 10 fully saturated rings. The maximum absolute atomic E-state index is 13.2. The maximum atomic E-state index is 13.2. The summed E-state index contributed by atoms with van der Waals surface area (Å²) < 4.78 is 18.1. The van der Waals surface area contributed by atoms with Crippen LogP contribution in [0.2, 0.25) is 0 Å². The Balaban J connectivity index is 0.000000144. The fourth-order valence-corrected chi connectivity index (χ4v) is 15.5. The fraction of sp³-hybridized carbons (Fsp3) is 0.717. The molecule has 2 aromatic carbocycles. The van der Waals surface area contributed by atoms with Gasteiger partial charge in [-0.3, -0.25) is 4.90 Å². The first-order valence-electron chi connectivity index (χ1n) is 25.1. The molecule has 0 atom stereocenters. The Morgan fingerprint density at radius 3 is 1.51 bits per heavy atom. The van der Waals surface area contributed by atoms with Gasteiger partial charge in [0.2, 0.25) is 0 Å². The number of nitrogens with one attached hydrogen (secondary N) is 1. The average Bonchev–Trinajstić information content (AvgIpc) is 3.74. The molecule has 4 heterocycles. The number of fused-ring (bicyclic) bond motifs is 4. The molecule has 10 nitrogen and oxygen atoms in total. The number of carbonyl (C=O) groups excluding carboxylic acids is 3. The Morgan fingerprint density at radius 1 is 0.587 bits per heavy atom. The number of likely N-dealkylation sites (tertiary alicyclic amines) is 2. The van der Waals surface area contributed by atoms with Gasteiger partial charge in [-0.2, -0.15) is 0 Å². The predicted octanol–water partition coefficient (Wildman–Crippen LogP) is 10.8. The third-order valence-corrected chi connectivity index (χ3v) is 18.2. The smallest absolute Gasteiger partial charge is 0.414 e. The highest BCUT2D eigenvalue weighted by Crippen LogP contribution is 2.56. The highest BCUT2D eigenvalue weighted by molar-refractivity contribution is 5.92. The summed E-state index contributed by atoms with van der Waals surface area (Å²) in [5, 5.41) is 3.60. The molecule has 2 saturated heterocycles. The summed E-state index contributed by atoms with van der Waals surface area (Å²) in [5.41, 5.74) is 6.95. The van der Waals surface area contributed by atoms with Crippen LogP contribution in [0.5, 0.6) is 0 Å². The van der Waals surface area contributed by atoms with Gasteiger partial charge < -0.3 is 29.3 Å². The van der Waals surface area contributed by atoms with Gasteiger partial charge in [0.1, 0.15) is 17.8 Å². The van der Waals surface area contributed by atoms with E-state index >= 15 is 0 Å². The van der Waals surface area contributed by atoms with E-state index in [-0.39, 0.29) is 41.3 Å². The molecule has 10 heteroatoms. The molecule has 2 spiro atoms. The quantitative estimate of drug-likeness (QED) is 0.300. The van der Waals surface area contributed by atoms with E-state index in [2.05, 4.69) is 55.6 Å². The molecular formula is C53H72N4O6. The first kappa shape index (κ1) is 41.7. The van der Waals surface area contributed by atoms with Crippen molar-refractivity contribution in [2.45, 2.75) is 153 Å². The molecule has 14 rings (SSSR count). The number of piperidine rings is 2. The summed E-state index contributed by atoms with van der Waals surface area (Å²) in [5.74, 6) is 6.05. The van der Waals surface area contributed by atoms with Crippen LogP contribution in [0, 0.1) is 61.2 Å².